The van der Waals surface area contributed by atoms with Crippen LogP contribution in [0.4, 0.5) is 5.69 Å². The minimum atomic E-state index is -0.270. The van der Waals surface area contributed by atoms with Crippen molar-refractivity contribution in [2.75, 3.05) is 37.6 Å². The van der Waals surface area contributed by atoms with Gasteiger partial charge in [0.15, 0.2) is 0 Å². The summed E-state index contributed by atoms with van der Waals surface area (Å²) in [6.07, 6.45) is 3.84. The molecule has 2 atom stereocenters. The average Bonchev–Trinajstić information content (AvgIpc) is 3.01. The number of likely N-dealkylation sites (tertiary alicyclic amines) is 1. The quantitative estimate of drug-likeness (QED) is 0.775. The zero-order valence-electron chi connectivity index (χ0n) is 15.4. The molecule has 2 unspecified atom stereocenters. The number of nitrogens with one attached hydrogen (secondary N) is 1. The number of anilines is 1. The first-order valence-electron chi connectivity index (χ1n) is 9.59. The summed E-state index contributed by atoms with van der Waals surface area (Å²) in [6.45, 7) is 6.79. The van der Waals surface area contributed by atoms with Crippen molar-refractivity contribution in [1.29, 1.82) is 0 Å². The van der Waals surface area contributed by atoms with Gasteiger partial charge in [-0.2, -0.15) is 0 Å². The van der Waals surface area contributed by atoms with Crippen LogP contribution in [0.3, 0.4) is 0 Å². The Hall–Kier alpha value is -1.59. The van der Waals surface area contributed by atoms with E-state index in [2.05, 4.69) is 17.1 Å². The van der Waals surface area contributed by atoms with Gasteiger partial charge in [0.2, 0.25) is 11.8 Å². The van der Waals surface area contributed by atoms with E-state index in [1.807, 2.05) is 12.1 Å². The molecule has 0 spiro atoms. The number of halogens is 1. The highest BCUT2D eigenvalue weighted by atomic mass is 35.5. The molecule has 0 radical (unpaired) electrons. The molecule has 1 aromatic carbocycles. The van der Waals surface area contributed by atoms with Crippen LogP contribution < -0.4 is 10.2 Å². The van der Waals surface area contributed by atoms with Gasteiger partial charge in [0.05, 0.1) is 5.92 Å². The molecule has 0 bridgehead atoms. The van der Waals surface area contributed by atoms with Gasteiger partial charge in [-0.15, -0.1) is 0 Å². The summed E-state index contributed by atoms with van der Waals surface area (Å²) in [6, 6.07) is 7.16. The van der Waals surface area contributed by atoms with Crippen LogP contribution in [0.25, 0.3) is 0 Å². The maximum Gasteiger partial charge on any atom is 0.227 e. The second-order valence-corrected chi connectivity index (χ2v) is 8.01. The fourth-order valence-electron chi connectivity index (χ4n) is 3.90. The molecule has 0 aromatic heterocycles. The molecule has 0 saturated carbocycles. The Bertz CT molecular complexity index is 634. The topological polar surface area (TPSA) is 52.7 Å². The standard InChI is InChI=1S/C20H28ClN3O2/c1-15-4-2-10-23(13-15)11-3-9-22-20(26)16-12-19(25)24(14-16)18-7-5-17(21)6-8-18/h5-8,15-16H,2-4,9-14H2,1H3,(H,22,26). The Labute approximate surface area is 160 Å². The smallest absolute Gasteiger partial charge is 0.227 e. The van der Waals surface area contributed by atoms with E-state index in [1.54, 1.807) is 17.0 Å². The minimum Gasteiger partial charge on any atom is -0.356 e. The molecule has 3 rings (SSSR count). The first kappa shape index (κ1) is 19.2. The van der Waals surface area contributed by atoms with Crippen LogP contribution in [0.5, 0.6) is 0 Å². The van der Waals surface area contributed by atoms with Crippen molar-refractivity contribution in [3.8, 4) is 0 Å². The number of amides is 2. The maximum absolute atomic E-state index is 12.4. The summed E-state index contributed by atoms with van der Waals surface area (Å²) < 4.78 is 0. The molecule has 2 heterocycles. The van der Waals surface area contributed by atoms with Crippen LogP contribution in [0.2, 0.25) is 5.02 Å². The highest BCUT2D eigenvalue weighted by molar-refractivity contribution is 6.30. The number of nitrogens with zero attached hydrogens (tertiary/aromatic N) is 2. The van der Waals surface area contributed by atoms with Crippen LogP contribution in [0.15, 0.2) is 24.3 Å². The number of piperidine rings is 1. The molecule has 1 aromatic rings. The van der Waals surface area contributed by atoms with Crippen LogP contribution in [-0.4, -0.2) is 49.4 Å². The van der Waals surface area contributed by atoms with Crippen LogP contribution in [-0.2, 0) is 9.59 Å². The molecule has 2 aliphatic rings. The lowest BCUT2D eigenvalue weighted by atomic mass is 10.0. The van der Waals surface area contributed by atoms with Gasteiger partial charge in [0, 0.05) is 36.8 Å². The lowest BCUT2D eigenvalue weighted by molar-refractivity contribution is -0.126. The normalized spacial score (nSPS) is 24.1. The van der Waals surface area contributed by atoms with Gasteiger partial charge in [-0.3, -0.25) is 9.59 Å². The third kappa shape index (κ3) is 4.98. The molecule has 0 aliphatic carbocycles. The predicted octanol–water partition coefficient (Wildman–Crippen LogP) is 2.93. The van der Waals surface area contributed by atoms with E-state index in [9.17, 15) is 9.59 Å². The van der Waals surface area contributed by atoms with E-state index in [-0.39, 0.29) is 24.2 Å². The van der Waals surface area contributed by atoms with E-state index in [0.29, 0.717) is 18.1 Å². The van der Waals surface area contributed by atoms with Crippen LogP contribution in [0, 0.1) is 11.8 Å². The molecule has 5 nitrogen and oxygen atoms in total. The largest absolute Gasteiger partial charge is 0.356 e. The van der Waals surface area contributed by atoms with Gasteiger partial charge < -0.3 is 15.1 Å². The number of carbonyl (C=O) groups excluding carboxylic acids is 2. The van der Waals surface area contributed by atoms with Crippen molar-refractivity contribution in [2.24, 2.45) is 11.8 Å². The first-order valence-corrected chi connectivity index (χ1v) is 9.96. The zero-order chi connectivity index (χ0) is 18.5. The molecular weight excluding hydrogens is 350 g/mol. The molecule has 2 saturated heterocycles. The minimum absolute atomic E-state index is 0.00484. The maximum atomic E-state index is 12.4. The van der Waals surface area contributed by atoms with Crippen molar-refractivity contribution in [2.45, 2.75) is 32.6 Å². The molecule has 1 N–H and O–H groups in total. The predicted molar refractivity (Wildman–Crippen MR) is 104 cm³/mol. The van der Waals surface area contributed by atoms with Gasteiger partial charge in [-0.05, 0) is 62.5 Å². The fraction of sp³-hybridized carbons (Fsp3) is 0.600. The zero-order valence-corrected chi connectivity index (χ0v) is 16.2. The molecule has 6 heteroatoms. The van der Waals surface area contributed by atoms with E-state index in [1.165, 1.54) is 25.9 Å². The lowest BCUT2D eigenvalue weighted by Crippen LogP contribution is -2.38. The Balaban J connectivity index is 1.41. The summed E-state index contributed by atoms with van der Waals surface area (Å²) in [5.74, 6) is 0.492. The average molecular weight is 378 g/mol. The molecule has 2 fully saturated rings. The van der Waals surface area contributed by atoms with Crippen LogP contribution in [0.1, 0.15) is 32.6 Å². The second kappa shape index (κ2) is 8.87. The van der Waals surface area contributed by atoms with Gasteiger partial charge in [-0.1, -0.05) is 18.5 Å². The number of carbonyl (C=O) groups is 2. The van der Waals surface area contributed by atoms with E-state index >= 15 is 0 Å². The van der Waals surface area contributed by atoms with E-state index in [0.717, 1.165) is 24.6 Å². The highest BCUT2D eigenvalue weighted by Crippen LogP contribution is 2.26. The van der Waals surface area contributed by atoms with Crippen molar-refractivity contribution in [3.63, 3.8) is 0 Å². The van der Waals surface area contributed by atoms with E-state index < -0.39 is 0 Å². The van der Waals surface area contributed by atoms with Gasteiger partial charge in [0.1, 0.15) is 0 Å². The molecule has 26 heavy (non-hydrogen) atoms. The Morgan fingerprint density at radius 1 is 1.27 bits per heavy atom. The van der Waals surface area contributed by atoms with Crippen molar-refractivity contribution in [1.82, 2.24) is 10.2 Å². The van der Waals surface area contributed by atoms with Crippen LogP contribution >= 0.6 is 11.6 Å². The van der Waals surface area contributed by atoms with E-state index in [4.69, 9.17) is 11.6 Å². The number of hydrogen-bond donors (Lipinski definition) is 1. The Morgan fingerprint density at radius 3 is 2.77 bits per heavy atom. The van der Waals surface area contributed by atoms with Crippen molar-refractivity contribution in [3.05, 3.63) is 29.3 Å². The van der Waals surface area contributed by atoms with Crippen molar-refractivity contribution < 1.29 is 9.59 Å². The highest BCUT2D eigenvalue weighted by Gasteiger charge is 2.34. The monoisotopic (exact) mass is 377 g/mol. The fourth-order valence-corrected chi connectivity index (χ4v) is 4.03. The summed E-state index contributed by atoms with van der Waals surface area (Å²) in [4.78, 5) is 28.8. The Kier molecular flexibility index (Phi) is 6.54. The summed E-state index contributed by atoms with van der Waals surface area (Å²) >= 11 is 5.90. The number of hydrogen-bond acceptors (Lipinski definition) is 3. The van der Waals surface area contributed by atoms with Gasteiger partial charge in [-0.25, -0.2) is 0 Å². The third-order valence-electron chi connectivity index (χ3n) is 5.33. The molecule has 2 aliphatic heterocycles. The Morgan fingerprint density at radius 2 is 2.04 bits per heavy atom. The third-order valence-corrected chi connectivity index (χ3v) is 5.58. The second-order valence-electron chi connectivity index (χ2n) is 7.57. The first-order chi connectivity index (χ1) is 12.5. The summed E-state index contributed by atoms with van der Waals surface area (Å²) in [7, 11) is 0. The lowest BCUT2D eigenvalue weighted by Gasteiger charge is -2.30. The van der Waals surface area contributed by atoms with Gasteiger partial charge in [0.25, 0.3) is 0 Å². The summed E-state index contributed by atoms with van der Waals surface area (Å²) in [5, 5.41) is 3.65. The van der Waals surface area contributed by atoms with Gasteiger partial charge >= 0.3 is 0 Å². The number of benzene rings is 1. The molecular formula is C20H28ClN3O2. The summed E-state index contributed by atoms with van der Waals surface area (Å²) in [5.41, 5.74) is 0.800. The molecule has 142 valence electrons. The molecule has 2 amide bonds. The van der Waals surface area contributed by atoms with Crippen molar-refractivity contribution >= 4 is 29.1 Å². The number of rotatable bonds is 6. The SMILES string of the molecule is CC1CCCN(CCCNC(=O)C2CC(=O)N(c3ccc(Cl)cc3)C2)C1.